The van der Waals surface area contributed by atoms with Gasteiger partial charge >= 0.3 is 5.97 Å². The molecule has 1 saturated carbocycles. The number of aliphatic carboxylic acids is 1. The molecule has 0 radical (unpaired) electrons. The number of carbonyl (C=O) groups excluding carboxylic acids is 1. The minimum absolute atomic E-state index is 0.0150. The molecule has 0 aromatic heterocycles. The first kappa shape index (κ1) is 20.9. The van der Waals surface area contributed by atoms with Crippen LogP contribution in [0.3, 0.4) is 0 Å². The van der Waals surface area contributed by atoms with Gasteiger partial charge in [0.2, 0.25) is 12.1 Å². The number of carboxylic acid groups (broad SMARTS) is 1. The Labute approximate surface area is 180 Å². The summed E-state index contributed by atoms with van der Waals surface area (Å²) < 4.78 is 18.8. The largest absolute Gasteiger partial charge is 0.475 e. The van der Waals surface area contributed by atoms with Gasteiger partial charge in [0, 0.05) is 23.8 Å². The first-order valence-corrected chi connectivity index (χ1v) is 11.0. The van der Waals surface area contributed by atoms with E-state index in [9.17, 15) is 9.59 Å². The van der Waals surface area contributed by atoms with Gasteiger partial charge in [-0.3, -0.25) is 4.79 Å². The first-order chi connectivity index (χ1) is 14.7. The topological polar surface area (TPSA) is 101 Å². The second-order valence-electron chi connectivity index (χ2n) is 9.55. The number of hydrogen-bond donors (Lipinski definition) is 1. The van der Waals surface area contributed by atoms with Crippen molar-refractivity contribution in [2.24, 2.45) is 23.7 Å². The molecular formula is C23H28O8. The summed E-state index contributed by atoms with van der Waals surface area (Å²) in [4.78, 5) is 34.4. The van der Waals surface area contributed by atoms with E-state index in [0.717, 1.165) is 25.7 Å². The van der Waals surface area contributed by atoms with Crippen molar-refractivity contribution in [3.05, 3.63) is 29.8 Å². The number of fused-ring (bicyclic) bond motifs is 2. The van der Waals surface area contributed by atoms with Crippen molar-refractivity contribution in [1.29, 1.82) is 0 Å². The molecule has 31 heavy (non-hydrogen) atoms. The molecule has 8 atom stereocenters. The lowest BCUT2D eigenvalue weighted by Gasteiger charge is -2.60. The molecular weight excluding hydrogens is 404 g/mol. The number of ether oxygens (including phenoxy) is 3. The van der Waals surface area contributed by atoms with Gasteiger partial charge in [0.1, 0.15) is 5.75 Å². The predicted octanol–water partition coefficient (Wildman–Crippen LogP) is 3.54. The van der Waals surface area contributed by atoms with Gasteiger partial charge < -0.3 is 19.3 Å². The van der Waals surface area contributed by atoms with E-state index in [0.29, 0.717) is 11.7 Å². The highest BCUT2D eigenvalue weighted by molar-refractivity contribution is 6.39. The second-order valence-corrected chi connectivity index (χ2v) is 9.55. The van der Waals surface area contributed by atoms with E-state index in [2.05, 4.69) is 13.8 Å². The minimum atomic E-state index is -1.49. The van der Waals surface area contributed by atoms with Crippen molar-refractivity contribution < 1.29 is 38.7 Å². The molecule has 0 amide bonds. The average molecular weight is 432 g/mol. The van der Waals surface area contributed by atoms with Crippen LogP contribution in [0.25, 0.3) is 0 Å². The lowest BCUT2D eigenvalue weighted by atomic mass is 9.58. The van der Waals surface area contributed by atoms with Crippen molar-refractivity contribution in [2.45, 2.75) is 70.4 Å². The van der Waals surface area contributed by atoms with Crippen LogP contribution in [0.2, 0.25) is 0 Å². The third-order valence-corrected chi connectivity index (χ3v) is 7.66. The van der Waals surface area contributed by atoms with Gasteiger partial charge in [-0.15, -0.1) is 0 Å². The highest BCUT2D eigenvalue weighted by Gasteiger charge is 2.69. The molecule has 1 N–H and O–H groups in total. The molecule has 1 spiro atoms. The summed E-state index contributed by atoms with van der Waals surface area (Å²) in [6, 6.07) is 6.06. The summed E-state index contributed by atoms with van der Waals surface area (Å²) >= 11 is 0. The van der Waals surface area contributed by atoms with E-state index in [1.807, 2.05) is 6.92 Å². The summed E-state index contributed by atoms with van der Waals surface area (Å²) in [5, 5.41) is 8.87. The molecule has 0 unspecified atom stereocenters. The third-order valence-electron chi connectivity index (χ3n) is 7.66. The van der Waals surface area contributed by atoms with Crippen molar-refractivity contribution in [3.63, 3.8) is 0 Å². The number of carboxylic acids is 1. The van der Waals surface area contributed by atoms with Gasteiger partial charge in [0.25, 0.3) is 5.78 Å². The molecule has 4 heterocycles. The third kappa shape index (κ3) is 3.19. The van der Waals surface area contributed by atoms with E-state index in [1.54, 1.807) is 12.1 Å². The smallest absolute Gasteiger partial charge is 0.377 e. The van der Waals surface area contributed by atoms with E-state index in [-0.39, 0.29) is 23.3 Å². The normalized spacial score (nSPS) is 43.6. The Morgan fingerprint density at radius 3 is 2.52 bits per heavy atom. The Balaban J connectivity index is 1.41. The Kier molecular flexibility index (Phi) is 4.89. The van der Waals surface area contributed by atoms with Crippen LogP contribution in [0, 0.1) is 23.7 Å². The number of benzene rings is 1. The fraction of sp³-hybridized carbons (Fsp3) is 0.652. The van der Waals surface area contributed by atoms with Gasteiger partial charge in [-0.2, -0.15) is 0 Å². The number of Topliss-reactive ketones (excluding diaryl/α,β-unsaturated/α-hetero) is 1. The molecule has 168 valence electrons. The Bertz CT molecular complexity index is 884. The number of hydrogen-bond acceptors (Lipinski definition) is 7. The molecule has 5 aliphatic rings. The molecule has 6 rings (SSSR count). The molecule has 4 saturated heterocycles. The van der Waals surface area contributed by atoms with E-state index in [4.69, 9.17) is 29.1 Å². The van der Waals surface area contributed by atoms with Crippen LogP contribution >= 0.6 is 0 Å². The SMILES string of the molecule is C[C@H]1[C@H](Oc2ccc(C(=O)C(=O)O)cc2)O[C@@H]2O[C@@]3(C)CC[C@H]4[C@H](C)CC[C@@H]1[C@@]24OO3. The lowest BCUT2D eigenvalue weighted by molar-refractivity contribution is -0.575. The molecule has 8 heteroatoms. The number of rotatable bonds is 4. The van der Waals surface area contributed by atoms with E-state index < -0.39 is 35.7 Å². The van der Waals surface area contributed by atoms with Gasteiger partial charge in [-0.1, -0.05) is 13.8 Å². The van der Waals surface area contributed by atoms with Crippen molar-refractivity contribution >= 4 is 11.8 Å². The summed E-state index contributed by atoms with van der Waals surface area (Å²) in [5.74, 6) is -1.86. The average Bonchev–Trinajstić information content (AvgIpc) is 2.98. The Morgan fingerprint density at radius 1 is 1.06 bits per heavy atom. The number of ketones is 1. The molecule has 8 nitrogen and oxygen atoms in total. The minimum Gasteiger partial charge on any atom is -0.475 e. The molecule has 1 aromatic carbocycles. The van der Waals surface area contributed by atoms with Crippen molar-refractivity contribution in [2.75, 3.05) is 0 Å². The van der Waals surface area contributed by atoms with Crippen LogP contribution in [0.5, 0.6) is 5.75 Å². The van der Waals surface area contributed by atoms with Gasteiger partial charge in [-0.05, 0) is 62.3 Å². The summed E-state index contributed by atoms with van der Waals surface area (Å²) in [5.41, 5.74) is -0.548. The van der Waals surface area contributed by atoms with Crippen molar-refractivity contribution in [1.82, 2.24) is 0 Å². The Morgan fingerprint density at radius 2 is 1.81 bits per heavy atom. The highest BCUT2D eigenvalue weighted by atomic mass is 17.3. The monoisotopic (exact) mass is 432 g/mol. The molecule has 1 aromatic rings. The zero-order valence-electron chi connectivity index (χ0n) is 17.9. The van der Waals surface area contributed by atoms with Crippen LogP contribution < -0.4 is 4.74 Å². The molecule has 2 bridgehead atoms. The van der Waals surface area contributed by atoms with Crippen LogP contribution in [0.15, 0.2) is 24.3 Å². The van der Waals surface area contributed by atoms with Crippen LogP contribution in [-0.2, 0) is 24.0 Å². The fourth-order valence-electron chi connectivity index (χ4n) is 5.95. The van der Waals surface area contributed by atoms with Crippen molar-refractivity contribution in [3.8, 4) is 5.75 Å². The van der Waals surface area contributed by atoms with E-state index >= 15 is 0 Å². The standard InChI is InChI=1S/C23H28O8/c1-12-4-9-17-13(2)20(27-15-7-5-14(6-8-15)18(24)19(25)26)28-21-23(17)16(12)10-11-22(3,29-21)30-31-23/h5-8,12-13,16-17,20-21H,4,9-11H2,1-3H3,(H,25,26)/t12-,13-,16+,17+,20-,21-,22-,23-/m1/s1. The highest BCUT2D eigenvalue weighted by Crippen LogP contribution is 2.60. The lowest BCUT2D eigenvalue weighted by Crippen LogP contribution is -2.70. The van der Waals surface area contributed by atoms with Gasteiger partial charge in [0.15, 0.2) is 11.9 Å². The van der Waals surface area contributed by atoms with Crippen LogP contribution in [-0.4, -0.2) is 40.8 Å². The van der Waals surface area contributed by atoms with E-state index in [1.165, 1.54) is 12.1 Å². The fourth-order valence-corrected chi connectivity index (χ4v) is 5.95. The number of carbonyl (C=O) groups is 2. The maximum atomic E-state index is 11.6. The summed E-state index contributed by atoms with van der Waals surface area (Å²) in [6.07, 6.45) is 2.62. The van der Waals surface area contributed by atoms with Crippen LogP contribution in [0.1, 0.15) is 56.8 Å². The quantitative estimate of drug-likeness (QED) is 0.438. The molecule has 1 aliphatic carbocycles. The second kappa shape index (κ2) is 7.27. The maximum Gasteiger partial charge on any atom is 0.377 e. The molecule has 5 fully saturated rings. The zero-order valence-corrected chi connectivity index (χ0v) is 17.9. The summed E-state index contributed by atoms with van der Waals surface area (Å²) in [6.45, 7) is 6.24. The predicted molar refractivity (Wildman–Crippen MR) is 106 cm³/mol. The summed E-state index contributed by atoms with van der Waals surface area (Å²) in [7, 11) is 0. The first-order valence-electron chi connectivity index (χ1n) is 11.0. The molecule has 4 aliphatic heterocycles. The Hall–Kier alpha value is -2.00. The van der Waals surface area contributed by atoms with Gasteiger partial charge in [0.05, 0.1) is 0 Å². The zero-order chi connectivity index (χ0) is 22.0. The van der Waals surface area contributed by atoms with Crippen LogP contribution in [0.4, 0.5) is 0 Å². The maximum absolute atomic E-state index is 11.6. The van der Waals surface area contributed by atoms with Gasteiger partial charge in [-0.25, -0.2) is 14.6 Å².